The lowest BCUT2D eigenvalue weighted by Crippen LogP contribution is -2.13. The summed E-state index contributed by atoms with van der Waals surface area (Å²) in [6.07, 6.45) is 1.83. The second-order valence-corrected chi connectivity index (χ2v) is 12.0. The Hall–Kier alpha value is -4.38. The van der Waals surface area contributed by atoms with Crippen molar-refractivity contribution in [3.63, 3.8) is 0 Å². The Kier molecular flexibility index (Phi) is 6.06. The number of phenols is 1. The Bertz CT molecular complexity index is 1910. The topological polar surface area (TPSA) is 60.2 Å². The van der Waals surface area contributed by atoms with Gasteiger partial charge in [-0.25, -0.2) is 9.97 Å². The molecule has 202 valence electrons. The highest BCUT2D eigenvalue weighted by Crippen LogP contribution is 2.41. The number of benzene rings is 3. The molecule has 0 saturated heterocycles. The summed E-state index contributed by atoms with van der Waals surface area (Å²) < 4.78 is 8.64. The lowest BCUT2D eigenvalue weighted by Gasteiger charge is -2.22. The van der Waals surface area contributed by atoms with E-state index < -0.39 is 0 Å². The van der Waals surface area contributed by atoms with Gasteiger partial charge in [0.25, 0.3) is 0 Å². The summed E-state index contributed by atoms with van der Waals surface area (Å²) in [5.41, 5.74) is 7.06. The maximum absolute atomic E-state index is 11.0. The number of hydrogen-bond acceptors (Lipinski definition) is 4. The first-order valence-electron chi connectivity index (χ1n) is 13.9. The molecule has 0 bridgehead atoms. The molecule has 5 nitrogen and oxygen atoms in total. The van der Waals surface area contributed by atoms with Crippen LogP contribution in [0.15, 0.2) is 72.9 Å². The minimum absolute atomic E-state index is 0.0600. The van der Waals surface area contributed by atoms with E-state index in [9.17, 15) is 5.11 Å². The van der Waals surface area contributed by atoms with E-state index in [1.54, 1.807) is 0 Å². The van der Waals surface area contributed by atoms with E-state index >= 15 is 0 Å². The largest absolute Gasteiger partial charge is 0.505 e. The molecule has 3 aromatic carbocycles. The van der Waals surface area contributed by atoms with E-state index in [0.29, 0.717) is 17.1 Å². The van der Waals surface area contributed by atoms with Crippen molar-refractivity contribution in [2.45, 2.75) is 59.8 Å². The van der Waals surface area contributed by atoms with Crippen molar-refractivity contribution in [1.29, 1.82) is 0 Å². The minimum atomic E-state index is -0.0600. The molecule has 3 heterocycles. The summed E-state index contributed by atoms with van der Waals surface area (Å²) in [5.74, 6) is 2.40. The number of aryl methyl sites for hydroxylation is 2. The third kappa shape index (κ3) is 4.17. The predicted octanol–water partition coefficient (Wildman–Crippen LogP) is 9.26. The first kappa shape index (κ1) is 25.9. The number of pyridine rings is 2. The SMILES string of the molecule is Cc1cc(Oc2ccc3c4c(C)ccc(C(C)(C)C)c4n(-c4ccccn4)c3c2)nc2c(O)c(C(C)C)ccc12. The Labute approximate surface area is 235 Å². The average Bonchev–Trinajstić information content (AvgIpc) is 3.24. The number of rotatable bonds is 4. The molecule has 0 aliphatic carbocycles. The van der Waals surface area contributed by atoms with Crippen LogP contribution in [0.2, 0.25) is 0 Å². The Morgan fingerprint density at radius 3 is 2.35 bits per heavy atom. The summed E-state index contributed by atoms with van der Waals surface area (Å²) in [6, 6.07) is 22.6. The smallest absolute Gasteiger partial charge is 0.220 e. The summed E-state index contributed by atoms with van der Waals surface area (Å²) >= 11 is 0. The highest BCUT2D eigenvalue weighted by molar-refractivity contribution is 6.12. The molecule has 0 aliphatic heterocycles. The van der Waals surface area contributed by atoms with Crippen LogP contribution in [0.3, 0.4) is 0 Å². The van der Waals surface area contributed by atoms with Crippen molar-refractivity contribution in [3.05, 3.63) is 95.2 Å². The van der Waals surface area contributed by atoms with Crippen molar-refractivity contribution in [2.75, 3.05) is 0 Å². The predicted molar refractivity (Wildman–Crippen MR) is 164 cm³/mol. The molecule has 0 spiro atoms. The van der Waals surface area contributed by atoms with Crippen LogP contribution in [-0.2, 0) is 5.41 Å². The fourth-order valence-electron chi connectivity index (χ4n) is 5.76. The standard InChI is InChI=1S/C35H35N3O2/c1-20(2)24-14-15-25-22(4)18-30(37-32(25)34(24)39)40-23-12-13-26-28(19-23)38(29-10-8-9-17-36-29)33-27(35(5,6)7)16-11-21(3)31(26)33/h8-20,39H,1-7H3. The van der Waals surface area contributed by atoms with E-state index in [0.717, 1.165) is 33.2 Å². The Balaban J connectivity index is 1.58. The third-order valence-corrected chi connectivity index (χ3v) is 7.79. The van der Waals surface area contributed by atoms with Crippen molar-refractivity contribution in [1.82, 2.24) is 14.5 Å². The van der Waals surface area contributed by atoms with Gasteiger partial charge in [-0.15, -0.1) is 0 Å². The molecule has 0 amide bonds. The minimum Gasteiger partial charge on any atom is -0.505 e. The maximum Gasteiger partial charge on any atom is 0.220 e. The number of aromatic hydroxyl groups is 1. The Morgan fingerprint density at radius 2 is 1.65 bits per heavy atom. The van der Waals surface area contributed by atoms with Gasteiger partial charge < -0.3 is 9.84 Å². The third-order valence-electron chi connectivity index (χ3n) is 7.79. The van der Waals surface area contributed by atoms with Gasteiger partial charge >= 0.3 is 0 Å². The van der Waals surface area contributed by atoms with Gasteiger partial charge in [0.2, 0.25) is 5.88 Å². The van der Waals surface area contributed by atoms with Gasteiger partial charge in [-0.1, -0.05) is 65.0 Å². The molecular weight excluding hydrogens is 494 g/mol. The number of hydrogen-bond donors (Lipinski definition) is 1. The van der Waals surface area contributed by atoms with Gasteiger partial charge in [-0.05, 0) is 71.7 Å². The van der Waals surface area contributed by atoms with Crippen LogP contribution in [0.4, 0.5) is 0 Å². The molecule has 0 saturated carbocycles. The second-order valence-electron chi connectivity index (χ2n) is 12.0. The number of fused-ring (bicyclic) bond motifs is 4. The molecule has 40 heavy (non-hydrogen) atoms. The summed E-state index contributed by atoms with van der Waals surface area (Å²) in [6.45, 7) is 15.1. The van der Waals surface area contributed by atoms with E-state index in [4.69, 9.17) is 14.7 Å². The lowest BCUT2D eigenvalue weighted by molar-refractivity contribution is 0.456. The first-order valence-corrected chi connectivity index (χ1v) is 13.9. The van der Waals surface area contributed by atoms with E-state index in [1.807, 2.05) is 55.6 Å². The van der Waals surface area contributed by atoms with E-state index in [2.05, 4.69) is 70.4 Å². The number of ether oxygens (including phenoxy) is 1. The normalized spacial score (nSPS) is 12.2. The van der Waals surface area contributed by atoms with Crippen molar-refractivity contribution < 1.29 is 9.84 Å². The first-order chi connectivity index (χ1) is 19.0. The van der Waals surface area contributed by atoms with Crippen LogP contribution in [0.5, 0.6) is 17.4 Å². The zero-order chi connectivity index (χ0) is 28.3. The lowest BCUT2D eigenvalue weighted by atomic mass is 9.84. The van der Waals surface area contributed by atoms with Gasteiger partial charge in [-0.2, -0.15) is 0 Å². The second kappa shape index (κ2) is 9.37. The number of nitrogens with zero attached hydrogens (tertiary/aromatic N) is 3. The fraction of sp³-hybridized carbons (Fsp3) is 0.257. The fourth-order valence-corrected chi connectivity index (χ4v) is 5.76. The molecule has 1 N–H and O–H groups in total. The average molecular weight is 530 g/mol. The Morgan fingerprint density at radius 1 is 0.875 bits per heavy atom. The quantitative estimate of drug-likeness (QED) is 0.247. The molecule has 0 fully saturated rings. The van der Waals surface area contributed by atoms with Gasteiger partial charge in [-0.3, -0.25) is 4.57 Å². The summed E-state index contributed by atoms with van der Waals surface area (Å²) in [7, 11) is 0. The molecule has 6 aromatic rings. The van der Waals surface area contributed by atoms with Gasteiger partial charge in [0.15, 0.2) is 0 Å². The van der Waals surface area contributed by atoms with Gasteiger partial charge in [0.05, 0.1) is 11.0 Å². The molecule has 0 radical (unpaired) electrons. The van der Waals surface area contributed by atoms with Gasteiger partial charge in [0.1, 0.15) is 22.8 Å². The highest BCUT2D eigenvalue weighted by Gasteiger charge is 2.24. The molecular formula is C35H35N3O2. The molecule has 0 atom stereocenters. The van der Waals surface area contributed by atoms with E-state index in [1.165, 1.54) is 22.0 Å². The van der Waals surface area contributed by atoms with Crippen LogP contribution < -0.4 is 4.74 Å². The van der Waals surface area contributed by atoms with Crippen LogP contribution in [-0.4, -0.2) is 19.6 Å². The van der Waals surface area contributed by atoms with Crippen molar-refractivity contribution in [2.24, 2.45) is 0 Å². The van der Waals surface area contributed by atoms with Crippen LogP contribution in [0.1, 0.15) is 62.8 Å². The maximum atomic E-state index is 11.0. The summed E-state index contributed by atoms with van der Waals surface area (Å²) in [5, 5.41) is 14.3. The number of phenolic OH excluding ortho intramolecular Hbond substituents is 1. The van der Waals surface area contributed by atoms with Crippen LogP contribution in [0, 0.1) is 13.8 Å². The molecule has 0 unspecified atom stereocenters. The van der Waals surface area contributed by atoms with Crippen LogP contribution >= 0.6 is 0 Å². The zero-order valence-electron chi connectivity index (χ0n) is 24.2. The molecule has 5 heteroatoms. The van der Waals surface area contributed by atoms with E-state index in [-0.39, 0.29) is 17.1 Å². The zero-order valence-corrected chi connectivity index (χ0v) is 24.2. The van der Waals surface area contributed by atoms with Crippen molar-refractivity contribution >= 4 is 32.7 Å². The summed E-state index contributed by atoms with van der Waals surface area (Å²) in [4.78, 5) is 9.49. The van der Waals surface area contributed by atoms with Crippen molar-refractivity contribution in [3.8, 4) is 23.2 Å². The molecule has 3 aromatic heterocycles. The highest BCUT2D eigenvalue weighted by atomic mass is 16.5. The van der Waals surface area contributed by atoms with Crippen LogP contribution in [0.25, 0.3) is 38.5 Å². The monoisotopic (exact) mass is 529 g/mol. The number of aromatic nitrogens is 3. The molecule has 6 rings (SSSR count). The molecule has 0 aliphatic rings. The van der Waals surface area contributed by atoms with Gasteiger partial charge in [0, 0.05) is 34.5 Å².